The molecule has 4 heteroatoms. The average Bonchev–Trinajstić information content (AvgIpc) is 2.71. The summed E-state index contributed by atoms with van der Waals surface area (Å²) in [5.74, 6) is 0.130. The van der Waals surface area contributed by atoms with E-state index in [0.717, 1.165) is 37.1 Å². The summed E-state index contributed by atoms with van der Waals surface area (Å²) in [6, 6.07) is 3.99. The van der Waals surface area contributed by atoms with Crippen molar-refractivity contribution in [3.05, 3.63) is 29.6 Å². The normalized spacial score (nSPS) is 20.1. The molecule has 1 saturated heterocycles. The van der Waals surface area contributed by atoms with Crippen LogP contribution in [0.5, 0.6) is 0 Å². The number of likely N-dealkylation sites (tertiary alicyclic amines) is 1. The van der Waals surface area contributed by atoms with Crippen LogP contribution in [0.15, 0.2) is 18.3 Å². The molecule has 1 aliphatic rings. The highest BCUT2D eigenvalue weighted by Crippen LogP contribution is 2.21. The van der Waals surface area contributed by atoms with Gasteiger partial charge in [0.05, 0.1) is 5.69 Å². The van der Waals surface area contributed by atoms with Crippen LogP contribution in [0.1, 0.15) is 55.1 Å². The van der Waals surface area contributed by atoms with E-state index in [2.05, 4.69) is 11.9 Å². The quantitative estimate of drug-likeness (QED) is 0.908. The second-order valence-corrected chi connectivity index (χ2v) is 5.15. The molecule has 0 saturated carbocycles. The minimum Gasteiger partial charge on any atom is -0.336 e. The lowest BCUT2D eigenvalue weighted by molar-refractivity contribution is 0.0678. The molecule has 2 N–H and O–H groups in total. The van der Waals surface area contributed by atoms with E-state index in [1.165, 1.54) is 12.8 Å². The van der Waals surface area contributed by atoms with Crippen molar-refractivity contribution in [2.24, 2.45) is 5.73 Å². The summed E-state index contributed by atoms with van der Waals surface area (Å²) < 4.78 is 0. The van der Waals surface area contributed by atoms with Crippen LogP contribution < -0.4 is 5.73 Å². The number of hydrogen-bond acceptors (Lipinski definition) is 3. The van der Waals surface area contributed by atoms with Crippen molar-refractivity contribution < 1.29 is 4.79 Å². The van der Waals surface area contributed by atoms with Crippen LogP contribution in [0.4, 0.5) is 0 Å². The van der Waals surface area contributed by atoms with Crippen molar-refractivity contribution >= 4 is 5.91 Å². The lowest BCUT2D eigenvalue weighted by atomic mass is 10.1. The molecule has 1 aromatic rings. The molecule has 1 atom stereocenters. The molecule has 1 aromatic heterocycles. The second-order valence-electron chi connectivity index (χ2n) is 5.15. The van der Waals surface area contributed by atoms with E-state index >= 15 is 0 Å². The Morgan fingerprint density at radius 1 is 1.47 bits per heavy atom. The zero-order chi connectivity index (χ0) is 13.7. The molecule has 1 fully saturated rings. The maximum Gasteiger partial charge on any atom is 0.254 e. The molecule has 1 unspecified atom stereocenters. The number of carbonyl (C=O) groups excluding carboxylic acids is 1. The second kappa shape index (κ2) is 6.66. The van der Waals surface area contributed by atoms with Gasteiger partial charge in [0.2, 0.25) is 0 Å². The fourth-order valence-electron chi connectivity index (χ4n) is 2.76. The number of carbonyl (C=O) groups is 1. The van der Waals surface area contributed by atoms with Gasteiger partial charge in [-0.05, 0) is 31.4 Å². The van der Waals surface area contributed by atoms with Crippen molar-refractivity contribution in [2.75, 3.05) is 6.54 Å². The molecular weight excluding hydrogens is 238 g/mol. The molecule has 19 heavy (non-hydrogen) atoms. The minimum atomic E-state index is 0.130. The molecular formula is C15H23N3O. The standard InChI is InChI=1S/C15H23N3O/c1-2-14-6-4-3-5-9-18(14)15(19)12-7-8-17-13(10-12)11-16/h7-8,10,14H,2-6,9,11,16H2,1H3. The molecule has 0 aliphatic carbocycles. The fraction of sp³-hybridized carbons (Fsp3) is 0.600. The van der Waals surface area contributed by atoms with Crippen molar-refractivity contribution in [3.63, 3.8) is 0 Å². The summed E-state index contributed by atoms with van der Waals surface area (Å²) in [4.78, 5) is 18.8. The van der Waals surface area contributed by atoms with E-state index in [1.807, 2.05) is 11.0 Å². The SMILES string of the molecule is CCC1CCCCCN1C(=O)c1ccnc(CN)c1. The summed E-state index contributed by atoms with van der Waals surface area (Å²) in [5, 5.41) is 0. The van der Waals surface area contributed by atoms with Crippen LogP contribution in [0, 0.1) is 0 Å². The summed E-state index contributed by atoms with van der Waals surface area (Å²) in [7, 11) is 0. The predicted octanol–water partition coefficient (Wildman–Crippen LogP) is 2.34. The first-order valence-corrected chi connectivity index (χ1v) is 7.22. The summed E-state index contributed by atoms with van der Waals surface area (Å²) in [6.45, 7) is 3.41. The Morgan fingerprint density at radius 3 is 3.05 bits per heavy atom. The van der Waals surface area contributed by atoms with Gasteiger partial charge in [-0.25, -0.2) is 0 Å². The zero-order valence-electron chi connectivity index (χ0n) is 11.6. The van der Waals surface area contributed by atoms with E-state index in [1.54, 1.807) is 12.3 Å². The van der Waals surface area contributed by atoms with Gasteiger partial charge in [0.15, 0.2) is 0 Å². The average molecular weight is 261 g/mol. The van der Waals surface area contributed by atoms with Crippen molar-refractivity contribution in [1.82, 2.24) is 9.88 Å². The number of nitrogens with zero attached hydrogens (tertiary/aromatic N) is 2. The maximum absolute atomic E-state index is 12.6. The largest absolute Gasteiger partial charge is 0.336 e. The first-order valence-electron chi connectivity index (χ1n) is 7.22. The molecule has 104 valence electrons. The fourth-order valence-corrected chi connectivity index (χ4v) is 2.76. The number of nitrogens with two attached hydrogens (primary N) is 1. The number of rotatable bonds is 3. The predicted molar refractivity (Wildman–Crippen MR) is 75.7 cm³/mol. The highest BCUT2D eigenvalue weighted by atomic mass is 16.2. The van der Waals surface area contributed by atoms with Crippen LogP contribution in [-0.4, -0.2) is 28.4 Å². The van der Waals surface area contributed by atoms with Crippen LogP contribution in [0.3, 0.4) is 0 Å². The van der Waals surface area contributed by atoms with Gasteiger partial charge in [-0.2, -0.15) is 0 Å². The Hall–Kier alpha value is -1.42. The van der Waals surface area contributed by atoms with Gasteiger partial charge in [0.1, 0.15) is 0 Å². The molecule has 1 aliphatic heterocycles. The number of aromatic nitrogens is 1. The van der Waals surface area contributed by atoms with Crippen LogP contribution in [0.2, 0.25) is 0 Å². The Bertz CT molecular complexity index is 433. The summed E-state index contributed by atoms with van der Waals surface area (Å²) in [5.41, 5.74) is 7.08. The molecule has 2 heterocycles. The Balaban J connectivity index is 2.20. The molecule has 1 amide bonds. The van der Waals surface area contributed by atoms with Crippen molar-refractivity contribution in [3.8, 4) is 0 Å². The first-order chi connectivity index (χ1) is 9.26. The van der Waals surface area contributed by atoms with Crippen molar-refractivity contribution in [1.29, 1.82) is 0 Å². The Morgan fingerprint density at radius 2 is 2.32 bits per heavy atom. The third-order valence-corrected chi connectivity index (χ3v) is 3.88. The number of hydrogen-bond donors (Lipinski definition) is 1. The Labute approximate surface area is 115 Å². The van der Waals surface area contributed by atoms with E-state index < -0.39 is 0 Å². The molecule has 2 rings (SSSR count). The van der Waals surface area contributed by atoms with Gasteiger partial charge < -0.3 is 10.6 Å². The molecule has 0 bridgehead atoms. The van der Waals surface area contributed by atoms with Gasteiger partial charge in [0, 0.05) is 30.9 Å². The summed E-state index contributed by atoms with van der Waals surface area (Å²) >= 11 is 0. The number of amides is 1. The lowest BCUT2D eigenvalue weighted by Gasteiger charge is -2.29. The number of pyridine rings is 1. The zero-order valence-corrected chi connectivity index (χ0v) is 11.6. The van der Waals surface area contributed by atoms with E-state index in [0.29, 0.717) is 12.6 Å². The van der Waals surface area contributed by atoms with Crippen LogP contribution >= 0.6 is 0 Å². The van der Waals surface area contributed by atoms with Crippen molar-refractivity contribution in [2.45, 2.75) is 51.6 Å². The smallest absolute Gasteiger partial charge is 0.254 e. The monoisotopic (exact) mass is 261 g/mol. The van der Waals surface area contributed by atoms with Crippen LogP contribution in [-0.2, 0) is 6.54 Å². The van der Waals surface area contributed by atoms with Gasteiger partial charge >= 0.3 is 0 Å². The van der Waals surface area contributed by atoms with E-state index in [4.69, 9.17) is 5.73 Å². The molecule has 0 aromatic carbocycles. The minimum absolute atomic E-state index is 0.130. The van der Waals surface area contributed by atoms with Gasteiger partial charge in [-0.1, -0.05) is 19.8 Å². The highest BCUT2D eigenvalue weighted by Gasteiger charge is 2.25. The third-order valence-electron chi connectivity index (χ3n) is 3.88. The highest BCUT2D eigenvalue weighted by molar-refractivity contribution is 5.94. The summed E-state index contributed by atoms with van der Waals surface area (Å²) in [6.07, 6.45) is 7.39. The van der Waals surface area contributed by atoms with Crippen LogP contribution in [0.25, 0.3) is 0 Å². The Kier molecular flexibility index (Phi) is 4.91. The van der Waals surface area contributed by atoms with Gasteiger partial charge in [-0.15, -0.1) is 0 Å². The van der Waals surface area contributed by atoms with E-state index in [9.17, 15) is 4.79 Å². The molecule has 0 spiro atoms. The van der Waals surface area contributed by atoms with Gasteiger partial charge in [0.25, 0.3) is 5.91 Å². The lowest BCUT2D eigenvalue weighted by Crippen LogP contribution is -2.39. The molecule has 4 nitrogen and oxygen atoms in total. The van der Waals surface area contributed by atoms with E-state index in [-0.39, 0.29) is 5.91 Å². The van der Waals surface area contributed by atoms with Gasteiger partial charge in [-0.3, -0.25) is 9.78 Å². The maximum atomic E-state index is 12.6. The topological polar surface area (TPSA) is 59.2 Å². The third kappa shape index (κ3) is 3.32. The first kappa shape index (κ1) is 14.0. The molecule has 0 radical (unpaired) electrons.